The summed E-state index contributed by atoms with van der Waals surface area (Å²) in [5, 5.41) is 9.80. The van der Waals surface area contributed by atoms with Crippen molar-refractivity contribution in [1.82, 2.24) is 0 Å². The van der Waals surface area contributed by atoms with Crippen LogP contribution in [0.3, 0.4) is 0 Å². The monoisotopic (exact) mass is 238 g/mol. The van der Waals surface area contributed by atoms with E-state index in [-0.39, 0.29) is 11.9 Å². The molecule has 86 valence electrons. The van der Waals surface area contributed by atoms with Crippen molar-refractivity contribution < 1.29 is 9.84 Å². The Morgan fingerprint density at radius 1 is 1.31 bits per heavy atom. The summed E-state index contributed by atoms with van der Waals surface area (Å²) in [6.45, 7) is 3.97. The third-order valence-electron chi connectivity index (χ3n) is 2.86. The number of halogens is 1. The van der Waals surface area contributed by atoms with Crippen molar-refractivity contribution in [2.24, 2.45) is 0 Å². The molecule has 1 aliphatic rings. The third-order valence-corrected chi connectivity index (χ3v) is 3.18. The van der Waals surface area contributed by atoms with Gasteiger partial charge >= 0.3 is 0 Å². The van der Waals surface area contributed by atoms with Gasteiger partial charge in [-0.15, -0.1) is 0 Å². The molecule has 0 amide bonds. The van der Waals surface area contributed by atoms with Crippen LogP contribution in [-0.4, -0.2) is 11.2 Å². The maximum absolute atomic E-state index is 9.45. The second-order valence-electron chi connectivity index (χ2n) is 4.18. The van der Waals surface area contributed by atoms with Crippen molar-refractivity contribution >= 4 is 11.6 Å². The number of hydrogen-bond donors (Lipinski definition) is 1. The highest BCUT2D eigenvalue weighted by Gasteiger charge is 2.17. The van der Waals surface area contributed by atoms with E-state index in [1.165, 1.54) is 5.57 Å². The van der Waals surface area contributed by atoms with Gasteiger partial charge in [0.2, 0.25) is 0 Å². The van der Waals surface area contributed by atoms with Gasteiger partial charge in [0, 0.05) is 6.07 Å². The highest BCUT2D eigenvalue weighted by Crippen LogP contribution is 2.30. The highest BCUT2D eigenvalue weighted by atomic mass is 35.5. The fourth-order valence-electron chi connectivity index (χ4n) is 1.88. The number of phenolic OH excluding ortho intramolecular Hbond substituents is 1. The predicted octanol–water partition coefficient (Wildman–Crippen LogP) is 3.92. The zero-order chi connectivity index (χ0) is 11.5. The van der Waals surface area contributed by atoms with Gasteiger partial charge in [0.25, 0.3) is 0 Å². The fourth-order valence-corrected chi connectivity index (χ4v) is 1.99. The second kappa shape index (κ2) is 4.79. The number of ether oxygens (including phenoxy) is 1. The van der Waals surface area contributed by atoms with Crippen LogP contribution in [-0.2, 0) is 0 Å². The first-order chi connectivity index (χ1) is 7.65. The summed E-state index contributed by atoms with van der Waals surface area (Å²) in [6, 6.07) is 4.99. The van der Waals surface area contributed by atoms with Gasteiger partial charge in [0.05, 0.1) is 11.1 Å². The van der Waals surface area contributed by atoms with Gasteiger partial charge in [-0.2, -0.15) is 0 Å². The van der Waals surface area contributed by atoms with E-state index in [1.54, 1.807) is 18.2 Å². The zero-order valence-corrected chi connectivity index (χ0v) is 9.83. The van der Waals surface area contributed by atoms with Gasteiger partial charge in [-0.3, -0.25) is 0 Å². The third kappa shape index (κ3) is 2.70. The van der Waals surface area contributed by atoms with Crippen molar-refractivity contribution in [3.05, 3.63) is 35.4 Å². The highest BCUT2D eigenvalue weighted by molar-refractivity contribution is 6.32. The molecule has 0 radical (unpaired) electrons. The normalized spacial score (nSPS) is 17.4. The molecule has 0 aromatic heterocycles. The minimum Gasteiger partial charge on any atom is -0.506 e. The molecule has 0 bridgehead atoms. The number of aromatic hydroxyl groups is 1. The number of hydrogen-bond acceptors (Lipinski definition) is 2. The van der Waals surface area contributed by atoms with Gasteiger partial charge in [0.15, 0.2) is 0 Å². The summed E-state index contributed by atoms with van der Waals surface area (Å²) in [5.41, 5.74) is 1.30. The molecule has 3 heteroatoms. The summed E-state index contributed by atoms with van der Waals surface area (Å²) in [7, 11) is 0. The Bertz CT molecular complexity index is 391. The van der Waals surface area contributed by atoms with Crippen molar-refractivity contribution in [1.29, 1.82) is 0 Å². The van der Waals surface area contributed by atoms with Gasteiger partial charge in [-0.1, -0.05) is 23.8 Å². The first-order valence-electron chi connectivity index (χ1n) is 5.47. The maximum atomic E-state index is 9.45. The summed E-state index contributed by atoms with van der Waals surface area (Å²) in [4.78, 5) is 0. The number of benzene rings is 1. The van der Waals surface area contributed by atoms with E-state index < -0.39 is 0 Å². The van der Waals surface area contributed by atoms with E-state index in [0.717, 1.165) is 25.7 Å². The Balaban J connectivity index is 1.98. The topological polar surface area (TPSA) is 29.5 Å². The average Bonchev–Trinajstić information content (AvgIpc) is 2.27. The zero-order valence-electron chi connectivity index (χ0n) is 9.08. The molecule has 0 spiro atoms. The van der Waals surface area contributed by atoms with E-state index in [9.17, 15) is 5.11 Å². The molecule has 1 aliphatic carbocycles. The largest absolute Gasteiger partial charge is 0.506 e. The minimum atomic E-state index is 0.0689. The molecule has 0 aliphatic heterocycles. The second-order valence-corrected chi connectivity index (χ2v) is 4.59. The maximum Gasteiger partial charge on any atom is 0.137 e. The van der Waals surface area contributed by atoms with E-state index in [4.69, 9.17) is 16.3 Å². The molecular weight excluding hydrogens is 224 g/mol. The van der Waals surface area contributed by atoms with Crippen LogP contribution in [0.4, 0.5) is 0 Å². The van der Waals surface area contributed by atoms with Crippen LogP contribution < -0.4 is 4.74 Å². The van der Waals surface area contributed by atoms with Crippen molar-refractivity contribution in [2.75, 3.05) is 0 Å². The lowest BCUT2D eigenvalue weighted by atomic mass is 9.94. The van der Waals surface area contributed by atoms with E-state index in [0.29, 0.717) is 10.8 Å². The van der Waals surface area contributed by atoms with E-state index in [1.807, 2.05) is 0 Å². The van der Waals surface area contributed by atoms with Gasteiger partial charge in [-0.25, -0.2) is 0 Å². The molecule has 1 N–H and O–H groups in total. The van der Waals surface area contributed by atoms with Crippen LogP contribution in [0.15, 0.2) is 30.4 Å². The lowest BCUT2D eigenvalue weighted by Crippen LogP contribution is -2.20. The molecule has 0 heterocycles. The number of phenols is 1. The number of allylic oxidation sites excluding steroid dienone is 1. The summed E-state index contributed by atoms with van der Waals surface area (Å²) in [6.07, 6.45) is 4.30. The van der Waals surface area contributed by atoms with Gasteiger partial charge < -0.3 is 9.84 Å². The van der Waals surface area contributed by atoms with Crippen LogP contribution in [0.1, 0.15) is 25.7 Å². The molecule has 0 unspecified atom stereocenters. The lowest BCUT2D eigenvalue weighted by molar-refractivity contribution is 0.169. The quantitative estimate of drug-likeness (QED) is 0.792. The number of rotatable bonds is 2. The molecule has 1 fully saturated rings. The molecule has 16 heavy (non-hydrogen) atoms. The van der Waals surface area contributed by atoms with E-state index >= 15 is 0 Å². The smallest absolute Gasteiger partial charge is 0.137 e. The molecule has 1 saturated carbocycles. The first kappa shape index (κ1) is 11.3. The molecule has 2 nitrogen and oxygen atoms in total. The van der Waals surface area contributed by atoms with Crippen LogP contribution >= 0.6 is 11.6 Å². The standard InChI is InChI=1S/C13H15ClO2/c1-9-2-4-10(5-3-9)16-11-6-7-12(14)13(15)8-11/h6-8,10,15H,1-5H2. The fraction of sp³-hybridized carbons (Fsp3) is 0.385. The Kier molecular flexibility index (Phi) is 3.39. The first-order valence-corrected chi connectivity index (χ1v) is 5.85. The molecule has 2 rings (SSSR count). The summed E-state index contributed by atoms with van der Waals surface area (Å²) < 4.78 is 5.78. The lowest BCUT2D eigenvalue weighted by Gasteiger charge is -2.24. The Morgan fingerprint density at radius 3 is 2.62 bits per heavy atom. The Morgan fingerprint density at radius 2 is 2.00 bits per heavy atom. The Labute approximate surface area is 101 Å². The molecule has 0 saturated heterocycles. The molecule has 0 atom stereocenters. The SMILES string of the molecule is C=C1CCC(Oc2ccc(Cl)c(O)c2)CC1. The van der Waals surface area contributed by atoms with Crippen molar-refractivity contribution in [2.45, 2.75) is 31.8 Å². The minimum absolute atomic E-state index is 0.0689. The van der Waals surface area contributed by atoms with Crippen molar-refractivity contribution in [3.63, 3.8) is 0 Å². The summed E-state index contributed by atoms with van der Waals surface area (Å²) >= 11 is 5.73. The van der Waals surface area contributed by atoms with Gasteiger partial charge in [0.1, 0.15) is 11.5 Å². The van der Waals surface area contributed by atoms with Crippen molar-refractivity contribution in [3.8, 4) is 11.5 Å². The Hall–Kier alpha value is -1.15. The molecular formula is C13H15ClO2. The van der Waals surface area contributed by atoms with Gasteiger partial charge in [-0.05, 0) is 37.8 Å². The average molecular weight is 239 g/mol. The van der Waals surface area contributed by atoms with Crippen LogP contribution in [0.25, 0.3) is 0 Å². The van der Waals surface area contributed by atoms with Crippen LogP contribution in [0, 0.1) is 0 Å². The van der Waals surface area contributed by atoms with Crippen LogP contribution in [0.2, 0.25) is 5.02 Å². The predicted molar refractivity (Wildman–Crippen MR) is 65.1 cm³/mol. The molecule has 1 aromatic rings. The van der Waals surface area contributed by atoms with E-state index in [2.05, 4.69) is 6.58 Å². The summed E-state index contributed by atoms with van der Waals surface area (Å²) in [5.74, 6) is 0.749. The molecule has 1 aromatic carbocycles. The van der Waals surface area contributed by atoms with Crippen LogP contribution in [0.5, 0.6) is 11.5 Å².